The van der Waals surface area contributed by atoms with Crippen molar-refractivity contribution in [2.45, 2.75) is 26.7 Å². The normalized spacial score (nSPS) is 10.6. The second kappa shape index (κ2) is 7.36. The first-order valence-corrected chi connectivity index (χ1v) is 8.73. The molecule has 0 fully saturated rings. The lowest BCUT2D eigenvalue weighted by Gasteiger charge is -2.07. The van der Waals surface area contributed by atoms with E-state index in [1.165, 1.54) is 11.1 Å². The highest BCUT2D eigenvalue weighted by molar-refractivity contribution is 7.13. The summed E-state index contributed by atoms with van der Waals surface area (Å²) in [6.07, 6.45) is 2.80. The van der Waals surface area contributed by atoms with Crippen LogP contribution in [0.15, 0.2) is 48.0 Å². The number of nitrogens with zero attached hydrogens (tertiary/aromatic N) is 2. The molecule has 5 heteroatoms. The minimum absolute atomic E-state index is 0.00522. The molecule has 0 spiro atoms. The number of aryl methyl sites for hydroxylation is 3. The summed E-state index contributed by atoms with van der Waals surface area (Å²) in [5.41, 5.74) is 5.03. The largest absolute Gasteiger partial charge is 0.326 e. The van der Waals surface area contributed by atoms with Crippen molar-refractivity contribution >= 4 is 22.9 Å². The van der Waals surface area contributed by atoms with Crippen LogP contribution in [-0.4, -0.2) is 15.9 Å². The maximum absolute atomic E-state index is 12.1. The third-order valence-electron chi connectivity index (χ3n) is 3.83. The van der Waals surface area contributed by atoms with E-state index in [4.69, 9.17) is 0 Å². The topological polar surface area (TPSA) is 54.9 Å². The van der Waals surface area contributed by atoms with Gasteiger partial charge < -0.3 is 5.32 Å². The Labute approximate surface area is 145 Å². The Hall–Kier alpha value is -2.53. The van der Waals surface area contributed by atoms with Gasteiger partial charge in [0.15, 0.2) is 0 Å². The number of nitrogens with one attached hydrogen (secondary N) is 1. The second-order valence-corrected chi connectivity index (χ2v) is 6.56. The molecule has 0 aliphatic carbocycles. The Kier molecular flexibility index (Phi) is 5.01. The lowest BCUT2D eigenvalue weighted by Crippen LogP contribution is -2.12. The lowest BCUT2D eigenvalue weighted by atomic mass is 10.1. The SMILES string of the molecule is Cc1ccc(NC(=O)CCc2csc(-c3ccccn3)n2)cc1C. The van der Waals surface area contributed by atoms with E-state index in [2.05, 4.69) is 22.2 Å². The molecule has 0 radical (unpaired) electrons. The van der Waals surface area contributed by atoms with Crippen molar-refractivity contribution in [3.8, 4) is 10.7 Å². The van der Waals surface area contributed by atoms with Crippen LogP contribution in [0, 0.1) is 13.8 Å². The number of aromatic nitrogens is 2. The minimum atomic E-state index is 0.00522. The monoisotopic (exact) mass is 337 g/mol. The predicted octanol–water partition coefficient (Wildman–Crippen LogP) is 4.39. The Morgan fingerprint density at radius 1 is 1.17 bits per heavy atom. The van der Waals surface area contributed by atoms with Crippen LogP contribution in [0.25, 0.3) is 10.7 Å². The van der Waals surface area contributed by atoms with Crippen LogP contribution in [0.1, 0.15) is 23.2 Å². The number of hydrogen-bond acceptors (Lipinski definition) is 4. The van der Waals surface area contributed by atoms with Crippen LogP contribution in [0.3, 0.4) is 0 Å². The zero-order chi connectivity index (χ0) is 16.9. The molecule has 1 amide bonds. The highest BCUT2D eigenvalue weighted by Gasteiger charge is 2.08. The smallest absolute Gasteiger partial charge is 0.224 e. The second-order valence-electron chi connectivity index (χ2n) is 5.71. The highest BCUT2D eigenvalue weighted by Crippen LogP contribution is 2.22. The van der Waals surface area contributed by atoms with Crippen LogP contribution >= 0.6 is 11.3 Å². The first kappa shape index (κ1) is 16.3. The quantitative estimate of drug-likeness (QED) is 0.751. The van der Waals surface area contributed by atoms with Gasteiger partial charge in [-0.2, -0.15) is 0 Å². The van der Waals surface area contributed by atoms with Crippen LogP contribution < -0.4 is 5.32 Å². The van der Waals surface area contributed by atoms with E-state index in [0.717, 1.165) is 22.1 Å². The molecule has 0 atom stereocenters. The number of carbonyl (C=O) groups is 1. The molecule has 4 nitrogen and oxygen atoms in total. The first-order chi connectivity index (χ1) is 11.6. The van der Waals surface area contributed by atoms with Gasteiger partial charge in [0.25, 0.3) is 0 Å². The number of rotatable bonds is 5. The van der Waals surface area contributed by atoms with Gasteiger partial charge >= 0.3 is 0 Å². The predicted molar refractivity (Wildman–Crippen MR) is 98.2 cm³/mol. The number of hydrogen-bond donors (Lipinski definition) is 1. The van der Waals surface area contributed by atoms with Crippen LogP contribution in [0.4, 0.5) is 5.69 Å². The molecule has 122 valence electrons. The van der Waals surface area contributed by atoms with E-state index in [-0.39, 0.29) is 5.91 Å². The van der Waals surface area contributed by atoms with Gasteiger partial charge in [-0.3, -0.25) is 9.78 Å². The van der Waals surface area contributed by atoms with Gasteiger partial charge in [-0.25, -0.2) is 4.98 Å². The third kappa shape index (κ3) is 4.06. The average molecular weight is 337 g/mol. The fourth-order valence-electron chi connectivity index (χ4n) is 2.31. The molecule has 24 heavy (non-hydrogen) atoms. The van der Waals surface area contributed by atoms with Gasteiger partial charge in [0.1, 0.15) is 5.01 Å². The van der Waals surface area contributed by atoms with E-state index in [9.17, 15) is 4.79 Å². The van der Waals surface area contributed by atoms with Crippen molar-refractivity contribution in [1.82, 2.24) is 9.97 Å². The number of benzene rings is 1. The molecular formula is C19H19N3OS. The molecule has 0 aliphatic heterocycles. The summed E-state index contributed by atoms with van der Waals surface area (Å²) in [4.78, 5) is 21.0. The van der Waals surface area contributed by atoms with Gasteiger partial charge in [0.2, 0.25) is 5.91 Å². The molecular weight excluding hydrogens is 318 g/mol. The number of amides is 1. The Bertz CT molecular complexity index is 843. The van der Waals surface area contributed by atoms with Crippen LogP contribution in [-0.2, 0) is 11.2 Å². The fraction of sp³-hybridized carbons (Fsp3) is 0.211. The third-order valence-corrected chi connectivity index (χ3v) is 4.75. The zero-order valence-corrected chi connectivity index (χ0v) is 14.6. The maximum Gasteiger partial charge on any atom is 0.224 e. The van der Waals surface area contributed by atoms with Gasteiger partial charge in [-0.05, 0) is 55.7 Å². The van der Waals surface area contributed by atoms with Gasteiger partial charge in [0.05, 0.1) is 11.4 Å². The molecule has 2 aromatic heterocycles. The molecule has 3 rings (SSSR count). The summed E-state index contributed by atoms with van der Waals surface area (Å²) in [5.74, 6) is 0.00522. The summed E-state index contributed by atoms with van der Waals surface area (Å²) in [6, 6.07) is 11.7. The van der Waals surface area contributed by atoms with Crippen molar-refractivity contribution in [2.75, 3.05) is 5.32 Å². The Morgan fingerprint density at radius 3 is 2.79 bits per heavy atom. The first-order valence-electron chi connectivity index (χ1n) is 7.85. The van der Waals surface area contributed by atoms with Crippen molar-refractivity contribution in [2.24, 2.45) is 0 Å². The maximum atomic E-state index is 12.1. The van der Waals surface area contributed by atoms with Crippen molar-refractivity contribution < 1.29 is 4.79 Å². The van der Waals surface area contributed by atoms with Crippen LogP contribution in [0.5, 0.6) is 0 Å². The number of thiazole rings is 1. The highest BCUT2D eigenvalue weighted by atomic mass is 32.1. The molecule has 0 aliphatic rings. The summed E-state index contributed by atoms with van der Waals surface area (Å²) in [7, 11) is 0. The van der Waals surface area contributed by atoms with Crippen molar-refractivity contribution in [3.05, 3.63) is 64.8 Å². The molecule has 0 bridgehead atoms. The Balaban J connectivity index is 1.56. The van der Waals surface area contributed by atoms with Crippen LogP contribution in [0.2, 0.25) is 0 Å². The molecule has 1 aromatic carbocycles. The molecule has 0 saturated heterocycles. The number of carbonyl (C=O) groups excluding carboxylic acids is 1. The number of pyridine rings is 1. The fourth-order valence-corrected chi connectivity index (χ4v) is 3.14. The van der Waals surface area contributed by atoms with E-state index in [1.807, 2.05) is 48.7 Å². The summed E-state index contributed by atoms with van der Waals surface area (Å²) < 4.78 is 0. The summed E-state index contributed by atoms with van der Waals surface area (Å²) in [5, 5.41) is 5.83. The van der Waals surface area contributed by atoms with E-state index in [0.29, 0.717) is 12.8 Å². The van der Waals surface area contributed by atoms with Gasteiger partial charge in [-0.1, -0.05) is 12.1 Å². The summed E-state index contributed by atoms with van der Waals surface area (Å²) >= 11 is 1.56. The van der Waals surface area contributed by atoms with Crippen molar-refractivity contribution in [3.63, 3.8) is 0 Å². The van der Waals surface area contributed by atoms with E-state index in [1.54, 1.807) is 17.5 Å². The lowest BCUT2D eigenvalue weighted by molar-refractivity contribution is -0.116. The standard InChI is InChI=1S/C19H19N3OS/c1-13-6-7-15(11-14(13)2)21-18(23)9-8-16-12-24-19(22-16)17-5-3-4-10-20-17/h3-7,10-12H,8-9H2,1-2H3,(H,21,23). The summed E-state index contributed by atoms with van der Waals surface area (Å²) in [6.45, 7) is 4.10. The number of anilines is 1. The van der Waals surface area contributed by atoms with Gasteiger partial charge in [0, 0.05) is 23.7 Å². The Morgan fingerprint density at radius 2 is 2.04 bits per heavy atom. The molecule has 1 N–H and O–H groups in total. The molecule has 0 saturated carbocycles. The molecule has 0 unspecified atom stereocenters. The average Bonchev–Trinajstić information content (AvgIpc) is 3.06. The van der Waals surface area contributed by atoms with E-state index < -0.39 is 0 Å². The zero-order valence-electron chi connectivity index (χ0n) is 13.7. The van der Waals surface area contributed by atoms with Crippen molar-refractivity contribution in [1.29, 1.82) is 0 Å². The minimum Gasteiger partial charge on any atom is -0.326 e. The van der Waals surface area contributed by atoms with E-state index >= 15 is 0 Å². The molecule has 2 heterocycles. The molecule has 3 aromatic rings. The van der Waals surface area contributed by atoms with Gasteiger partial charge in [-0.15, -0.1) is 11.3 Å².